The van der Waals surface area contributed by atoms with E-state index < -0.39 is 5.79 Å². The molecule has 1 saturated heterocycles. The summed E-state index contributed by atoms with van der Waals surface area (Å²) in [5.41, 5.74) is 8.99. The van der Waals surface area contributed by atoms with Crippen LogP contribution < -0.4 is 10.5 Å². The largest absolute Gasteiger partial charge is 0.494 e. The monoisotopic (exact) mass is 251 g/mol. The lowest BCUT2D eigenvalue weighted by atomic mass is 9.97. The molecule has 0 aromatic heterocycles. The van der Waals surface area contributed by atoms with Crippen LogP contribution in [0.1, 0.15) is 23.6 Å². The number of aryl methyl sites for hydroxylation is 2. The summed E-state index contributed by atoms with van der Waals surface area (Å²) in [6.45, 7) is 8.18. The number of hydrogen-bond donors (Lipinski definition) is 1. The lowest BCUT2D eigenvalue weighted by molar-refractivity contribution is -0.157. The van der Waals surface area contributed by atoms with Gasteiger partial charge in [-0.25, -0.2) is 0 Å². The number of ether oxygens (including phenoxy) is 3. The van der Waals surface area contributed by atoms with Crippen LogP contribution in [0.3, 0.4) is 0 Å². The van der Waals surface area contributed by atoms with Gasteiger partial charge in [0.2, 0.25) is 5.79 Å². The Morgan fingerprint density at radius 3 is 2.44 bits per heavy atom. The number of benzene rings is 1. The topological polar surface area (TPSA) is 53.7 Å². The summed E-state index contributed by atoms with van der Waals surface area (Å²) in [4.78, 5) is 0. The zero-order chi connectivity index (χ0) is 13.2. The predicted molar refractivity (Wildman–Crippen MR) is 69.7 cm³/mol. The molecule has 1 aliphatic heterocycles. The maximum absolute atomic E-state index is 5.84. The van der Waals surface area contributed by atoms with E-state index in [0.717, 1.165) is 22.4 Å². The third-order valence-electron chi connectivity index (χ3n) is 3.25. The van der Waals surface area contributed by atoms with E-state index in [1.807, 2.05) is 26.8 Å². The third kappa shape index (κ3) is 2.23. The highest BCUT2D eigenvalue weighted by Crippen LogP contribution is 2.35. The number of hydrogen-bond acceptors (Lipinski definition) is 4. The van der Waals surface area contributed by atoms with Crippen molar-refractivity contribution < 1.29 is 14.2 Å². The standard InChI is InChI=1S/C14H21NO3/c1-4-16-13-8-10(2)12(7-11(13)3)14(9-15)17-5-6-18-14/h7-8H,4-6,9,15H2,1-3H3. The van der Waals surface area contributed by atoms with E-state index in [0.29, 0.717) is 26.4 Å². The quantitative estimate of drug-likeness (QED) is 0.887. The summed E-state index contributed by atoms with van der Waals surface area (Å²) in [5.74, 6) is 0.128. The smallest absolute Gasteiger partial charge is 0.207 e. The Morgan fingerprint density at radius 1 is 1.22 bits per heavy atom. The Bertz CT molecular complexity index is 425. The summed E-state index contributed by atoms with van der Waals surface area (Å²) in [6, 6.07) is 4.08. The van der Waals surface area contributed by atoms with Gasteiger partial charge in [-0.2, -0.15) is 0 Å². The molecule has 0 saturated carbocycles. The Morgan fingerprint density at radius 2 is 1.89 bits per heavy atom. The van der Waals surface area contributed by atoms with Gasteiger partial charge in [0, 0.05) is 5.56 Å². The molecule has 0 atom stereocenters. The molecule has 1 aromatic carbocycles. The van der Waals surface area contributed by atoms with Gasteiger partial charge in [0.05, 0.1) is 26.4 Å². The van der Waals surface area contributed by atoms with Crippen molar-refractivity contribution in [2.75, 3.05) is 26.4 Å². The zero-order valence-corrected chi connectivity index (χ0v) is 11.3. The molecule has 0 unspecified atom stereocenters. The lowest BCUT2D eigenvalue weighted by Gasteiger charge is -2.28. The SMILES string of the molecule is CCOc1cc(C)c(C2(CN)OCCO2)cc1C. The van der Waals surface area contributed by atoms with E-state index in [9.17, 15) is 0 Å². The molecule has 100 valence electrons. The molecule has 0 aliphatic carbocycles. The Balaban J connectivity index is 2.42. The van der Waals surface area contributed by atoms with Gasteiger partial charge in [-0.05, 0) is 44.0 Å². The van der Waals surface area contributed by atoms with Crippen LogP contribution in [0.4, 0.5) is 0 Å². The van der Waals surface area contributed by atoms with Crippen LogP contribution in [0.15, 0.2) is 12.1 Å². The second-order valence-electron chi connectivity index (χ2n) is 4.52. The van der Waals surface area contributed by atoms with Gasteiger partial charge in [0.25, 0.3) is 0 Å². The maximum atomic E-state index is 5.84. The molecule has 4 nitrogen and oxygen atoms in total. The summed E-state index contributed by atoms with van der Waals surface area (Å²) in [6.07, 6.45) is 0. The van der Waals surface area contributed by atoms with E-state index >= 15 is 0 Å². The fourth-order valence-electron chi connectivity index (χ4n) is 2.35. The average Bonchev–Trinajstić information content (AvgIpc) is 2.83. The minimum Gasteiger partial charge on any atom is -0.494 e. The molecule has 1 aliphatic rings. The molecular formula is C14H21NO3. The Kier molecular flexibility index (Phi) is 3.90. The molecule has 0 spiro atoms. The normalized spacial score (nSPS) is 18.0. The van der Waals surface area contributed by atoms with Crippen LogP contribution in [0.2, 0.25) is 0 Å². The minimum absolute atomic E-state index is 0.321. The fourth-order valence-corrected chi connectivity index (χ4v) is 2.35. The summed E-state index contributed by atoms with van der Waals surface area (Å²) >= 11 is 0. The number of nitrogens with two attached hydrogens (primary N) is 1. The second-order valence-corrected chi connectivity index (χ2v) is 4.52. The molecule has 0 amide bonds. The molecule has 1 fully saturated rings. The lowest BCUT2D eigenvalue weighted by Crippen LogP contribution is -2.36. The van der Waals surface area contributed by atoms with Gasteiger partial charge in [-0.15, -0.1) is 0 Å². The Labute approximate surface area is 108 Å². The molecule has 1 heterocycles. The second kappa shape index (κ2) is 5.26. The highest BCUT2D eigenvalue weighted by Gasteiger charge is 2.38. The van der Waals surface area contributed by atoms with Gasteiger partial charge >= 0.3 is 0 Å². The molecule has 0 bridgehead atoms. The predicted octanol–water partition coefficient (Wildman–Crippen LogP) is 1.86. The van der Waals surface area contributed by atoms with Crippen molar-refractivity contribution in [3.63, 3.8) is 0 Å². The van der Waals surface area contributed by atoms with Gasteiger partial charge < -0.3 is 19.9 Å². The fraction of sp³-hybridized carbons (Fsp3) is 0.571. The van der Waals surface area contributed by atoms with E-state index in [-0.39, 0.29) is 0 Å². The van der Waals surface area contributed by atoms with E-state index in [4.69, 9.17) is 19.9 Å². The van der Waals surface area contributed by atoms with Crippen molar-refractivity contribution >= 4 is 0 Å². The first-order valence-corrected chi connectivity index (χ1v) is 6.35. The first kappa shape index (κ1) is 13.3. The molecule has 18 heavy (non-hydrogen) atoms. The maximum Gasteiger partial charge on any atom is 0.207 e. The van der Waals surface area contributed by atoms with Crippen LogP contribution in [-0.2, 0) is 15.3 Å². The first-order chi connectivity index (χ1) is 8.63. The van der Waals surface area contributed by atoms with Crippen molar-refractivity contribution in [1.29, 1.82) is 0 Å². The molecule has 0 radical (unpaired) electrons. The van der Waals surface area contributed by atoms with Crippen LogP contribution in [0.25, 0.3) is 0 Å². The van der Waals surface area contributed by atoms with E-state index in [1.165, 1.54) is 0 Å². The molecule has 1 aromatic rings. The minimum atomic E-state index is -0.778. The summed E-state index contributed by atoms with van der Waals surface area (Å²) in [7, 11) is 0. The molecule has 4 heteroatoms. The van der Waals surface area contributed by atoms with Gasteiger partial charge in [-0.1, -0.05) is 0 Å². The van der Waals surface area contributed by atoms with Crippen molar-refractivity contribution in [3.8, 4) is 5.75 Å². The van der Waals surface area contributed by atoms with Gasteiger partial charge in [0.1, 0.15) is 5.75 Å². The Hall–Kier alpha value is -1.10. The van der Waals surface area contributed by atoms with Crippen molar-refractivity contribution in [1.82, 2.24) is 0 Å². The van der Waals surface area contributed by atoms with E-state index in [2.05, 4.69) is 6.07 Å². The molecule has 2 rings (SSSR count). The highest BCUT2D eigenvalue weighted by molar-refractivity contribution is 5.43. The highest BCUT2D eigenvalue weighted by atomic mass is 16.7. The average molecular weight is 251 g/mol. The van der Waals surface area contributed by atoms with Gasteiger partial charge in [0.15, 0.2) is 0 Å². The summed E-state index contributed by atoms with van der Waals surface area (Å²) in [5, 5.41) is 0. The van der Waals surface area contributed by atoms with Crippen LogP contribution in [0.5, 0.6) is 5.75 Å². The van der Waals surface area contributed by atoms with Crippen LogP contribution in [0, 0.1) is 13.8 Å². The van der Waals surface area contributed by atoms with Crippen LogP contribution >= 0.6 is 0 Å². The molecular weight excluding hydrogens is 230 g/mol. The van der Waals surface area contributed by atoms with Crippen molar-refractivity contribution in [2.24, 2.45) is 5.73 Å². The zero-order valence-electron chi connectivity index (χ0n) is 11.3. The van der Waals surface area contributed by atoms with Gasteiger partial charge in [-0.3, -0.25) is 0 Å². The number of rotatable bonds is 4. The third-order valence-corrected chi connectivity index (χ3v) is 3.25. The van der Waals surface area contributed by atoms with Crippen molar-refractivity contribution in [2.45, 2.75) is 26.6 Å². The first-order valence-electron chi connectivity index (χ1n) is 6.35. The van der Waals surface area contributed by atoms with E-state index in [1.54, 1.807) is 0 Å². The summed E-state index contributed by atoms with van der Waals surface area (Å²) < 4.78 is 17.0. The molecule has 2 N–H and O–H groups in total. The van der Waals surface area contributed by atoms with Crippen molar-refractivity contribution in [3.05, 3.63) is 28.8 Å². The van der Waals surface area contributed by atoms with Crippen LogP contribution in [-0.4, -0.2) is 26.4 Å².